The van der Waals surface area contributed by atoms with Crippen LogP contribution in [0.4, 0.5) is 11.5 Å². The highest BCUT2D eigenvalue weighted by atomic mass is 16.3. The van der Waals surface area contributed by atoms with E-state index in [0.717, 1.165) is 34.6 Å². The van der Waals surface area contributed by atoms with Gasteiger partial charge in [-0.3, -0.25) is 19.1 Å². The number of rotatable bonds is 7. The molecular weight excluding hydrogens is 408 g/mol. The van der Waals surface area contributed by atoms with Crippen LogP contribution >= 0.6 is 0 Å². The first-order chi connectivity index (χ1) is 15.5. The number of nitrogens with one attached hydrogen (secondary N) is 1. The Kier molecular flexibility index (Phi) is 5.85. The van der Waals surface area contributed by atoms with E-state index in [1.165, 1.54) is 9.47 Å². The summed E-state index contributed by atoms with van der Waals surface area (Å²) < 4.78 is 7.01. The average Bonchev–Trinajstić information content (AvgIpc) is 3.19. The maximum absolute atomic E-state index is 13.3. The van der Waals surface area contributed by atoms with Gasteiger partial charge >= 0.3 is 5.69 Å². The zero-order chi connectivity index (χ0) is 22.8. The van der Waals surface area contributed by atoms with Crippen molar-refractivity contribution in [2.45, 2.75) is 39.7 Å². The fourth-order valence-corrected chi connectivity index (χ4v) is 4.10. The summed E-state index contributed by atoms with van der Waals surface area (Å²) in [5, 5.41) is 2.92. The number of H-pyrrole nitrogens is 1. The van der Waals surface area contributed by atoms with Gasteiger partial charge in [0.1, 0.15) is 11.4 Å². The van der Waals surface area contributed by atoms with Crippen molar-refractivity contribution in [3.63, 3.8) is 0 Å². The Morgan fingerprint density at radius 1 is 1.16 bits per heavy atom. The Bertz CT molecular complexity index is 1410. The molecule has 8 nitrogen and oxygen atoms in total. The Labute approximate surface area is 184 Å². The molecule has 1 amide bonds. The second kappa shape index (κ2) is 8.74. The van der Waals surface area contributed by atoms with Gasteiger partial charge in [-0.15, -0.1) is 0 Å². The van der Waals surface area contributed by atoms with Gasteiger partial charge in [-0.2, -0.15) is 0 Å². The summed E-state index contributed by atoms with van der Waals surface area (Å²) in [6, 6.07) is 11.8. The number of nitrogens with zero attached hydrogens (tertiary/aromatic N) is 2. The lowest BCUT2D eigenvalue weighted by Crippen LogP contribution is -2.41. The van der Waals surface area contributed by atoms with Crippen LogP contribution in [0.25, 0.3) is 21.7 Å². The first kappa shape index (κ1) is 21.4. The number of carbonyl (C=O) groups is 1. The summed E-state index contributed by atoms with van der Waals surface area (Å²) in [6.07, 6.45) is 3.20. The number of fused-ring (bicyclic) bond motifs is 3. The third kappa shape index (κ3) is 3.68. The van der Waals surface area contributed by atoms with Gasteiger partial charge in [-0.25, -0.2) is 4.79 Å². The van der Waals surface area contributed by atoms with Gasteiger partial charge < -0.3 is 15.1 Å². The average molecular weight is 434 g/mol. The smallest absolute Gasteiger partial charge is 0.330 e. The fraction of sp³-hybridized carbons (Fsp3) is 0.292. The number of carbonyl (C=O) groups excluding carboxylic acids is 1. The van der Waals surface area contributed by atoms with Crippen molar-refractivity contribution < 1.29 is 9.21 Å². The number of nitrogens with two attached hydrogens (primary N) is 1. The van der Waals surface area contributed by atoms with Crippen molar-refractivity contribution in [1.29, 1.82) is 0 Å². The second-order valence-electron chi connectivity index (χ2n) is 7.73. The summed E-state index contributed by atoms with van der Waals surface area (Å²) in [5.41, 5.74) is 6.40. The number of hydrogen-bond acceptors (Lipinski definition) is 5. The van der Waals surface area contributed by atoms with E-state index in [0.29, 0.717) is 12.1 Å². The molecule has 0 aliphatic heterocycles. The number of amides is 1. The van der Waals surface area contributed by atoms with Crippen molar-refractivity contribution in [3.8, 4) is 0 Å². The van der Waals surface area contributed by atoms with Gasteiger partial charge in [0.15, 0.2) is 5.69 Å². The van der Waals surface area contributed by atoms with Crippen molar-refractivity contribution in [1.82, 2.24) is 9.55 Å². The van der Waals surface area contributed by atoms with Crippen molar-refractivity contribution in [2.75, 3.05) is 17.2 Å². The van der Waals surface area contributed by atoms with E-state index in [4.69, 9.17) is 10.2 Å². The summed E-state index contributed by atoms with van der Waals surface area (Å²) >= 11 is 0. The van der Waals surface area contributed by atoms with E-state index >= 15 is 0 Å². The predicted molar refractivity (Wildman–Crippen MR) is 126 cm³/mol. The van der Waals surface area contributed by atoms with Crippen LogP contribution < -0.4 is 21.9 Å². The van der Waals surface area contributed by atoms with Crippen LogP contribution in [0.5, 0.6) is 0 Å². The number of nitrogen functional groups attached to an aromatic ring is 1. The van der Waals surface area contributed by atoms with Crippen LogP contribution in [-0.2, 0) is 17.8 Å². The minimum atomic E-state index is -0.669. The number of likely N-dealkylation sites (N-methyl/N-ethyl adjacent to an activating group) is 1. The van der Waals surface area contributed by atoms with Gasteiger partial charge in [0.05, 0.1) is 12.7 Å². The molecule has 4 aromatic rings. The Morgan fingerprint density at radius 2 is 1.94 bits per heavy atom. The van der Waals surface area contributed by atoms with E-state index in [1.54, 1.807) is 13.2 Å². The molecular formula is C24H26N4O4. The third-order valence-corrected chi connectivity index (χ3v) is 5.72. The summed E-state index contributed by atoms with van der Waals surface area (Å²) in [6.45, 7) is 4.36. The quantitative estimate of drug-likeness (QED) is 0.463. The van der Waals surface area contributed by atoms with E-state index < -0.39 is 11.2 Å². The number of aromatic nitrogens is 2. The van der Waals surface area contributed by atoms with Crippen LogP contribution in [0.2, 0.25) is 0 Å². The first-order valence-corrected chi connectivity index (χ1v) is 10.8. The SMILES string of the molecule is CCCCn1c(N)c(N(CC)C(=O)Cc2coc3ccc4ccccc4c23)c(=O)[nH]c1=O. The lowest BCUT2D eigenvalue weighted by Gasteiger charge is -2.23. The largest absolute Gasteiger partial charge is 0.464 e. The fourth-order valence-electron chi connectivity index (χ4n) is 4.10. The molecule has 4 rings (SSSR count). The third-order valence-electron chi connectivity index (χ3n) is 5.72. The summed E-state index contributed by atoms with van der Waals surface area (Å²) in [5.74, 6) is -0.300. The highest BCUT2D eigenvalue weighted by molar-refractivity contribution is 6.09. The van der Waals surface area contributed by atoms with Crippen LogP contribution in [0.15, 0.2) is 56.7 Å². The minimum Gasteiger partial charge on any atom is -0.464 e. The topological polar surface area (TPSA) is 114 Å². The number of unbranched alkanes of at least 4 members (excludes halogenated alkanes) is 1. The molecule has 0 saturated heterocycles. The van der Waals surface area contributed by atoms with Gasteiger partial charge in [0.2, 0.25) is 5.91 Å². The number of hydrogen-bond donors (Lipinski definition) is 2. The minimum absolute atomic E-state index is 0.00454. The molecule has 0 bridgehead atoms. The molecule has 0 radical (unpaired) electrons. The summed E-state index contributed by atoms with van der Waals surface area (Å²) in [7, 11) is 0. The molecule has 0 unspecified atom stereocenters. The molecule has 3 N–H and O–H groups in total. The number of anilines is 2. The van der Waals surface area contributed by atoms with Crippen LogP contribution in [0, 0.1) is 0 Å². The lowest BCUT2D eigenvalue weighted by molar-refractivity contribution is -0.117. The Hall–Kier alpha value is -3.81. The maximum atomic E-state index is 13.3. The van der Waals surface area contributed by atoms with Crippen molar-refractivity contribution >= 4 is 39.2 Å². The van der Waals surface area contributed by atoms with Gasteiger partial charge in [-0.1, -0.05) is 43.7 Å². The second-order valence-corrected chi connectivity index (χ2v) is 7.73. The molecule has 2 heterocycles. The molecule has 0 atom stereocenters. The van der Waals surface area contributed by atoms with Crippen molar-refractivity contribution in [2.24, 2.45) is 0 Å². The van der Waals surface area contributed by atoms with Crippen LogP contribution in [0.3, 0.4) is 0 Å². The number of furan rings is 1. The molecule has 0 saturated carbocycles. The van der Waals surface area contributed by atoms with E-state index in [-0.39, 0.29) is 30.4 Å². The van der Waals surface area contributed by atoms with Gasteiger partial charge in [0, 0.05) is 24.0 Å². The Balaban J connectivity index is 1.75. The van der Waals surface area contributed by atoms with Gasteiger partial charge in [0.25, 0.3) is 5.56 Å². The van der Waals surface area contributed by atoms with Crippen molar-refractivity contribution in [3.05, 3.63) is 69.1 Å². The molecule has 0 spiro atoms. The molecule has 0 fully saturated rings. The molecule has 2 aromatic carbocycles. The van der Waals surface area contributed by atoms with E-state index in [9.17, 15) is 14.4 Å². The highest BCUT2D eigenvalue weighted by Crippen LogP contribution is 2.30. The maximum Gasteiger partial charge on any atom is 0.330 e. The standard InChI is InChI=1S/C24H26N4O4/c1-3-5-12-28-22(25)21(23(30)26-24(28)31)27(4-2)19(29)13-16-14-32-18-11-10-15-8-6-7-9-17(15)20(16)18/h6-11,14H,3-5,12-13,25H2,1-2H3,(H,26,30,31). The molecule has 166 valence electrons. The number of aromatic amines is 1. The summed E-state index contributed by atoms with van der Waals surface area (Å²) in [4.78, 5) is 41.8. The van der Waals surface area contributed by atoms with Gasteiger partial charge in [-0.05, 0) is 30.2 Å². The predicted octanol–water partition coefficient (Wildman–Crippen LogP) is 3.41. The first-order valence-electron chi connectivity index (χ1n) is 10.8. The lowest BCUT2D eigenvalue weighted by atomic mass is 10.0. The van der Waals surface area contributed by atoms with E-state index in [2.05, 4.69) is 4.98 Å². The highest BCUT2D eigenvalue weighted by Gasteiger charge is 2.24. The zero-order valence-corrected chi connectivity index (χ0v) is 18.2. The monoisotopic (exact) mass is 434 g/mol. The zero-order valence-electron chi connectivity index (χ0n) is 18.2. The molecule has 8 heteroatoms. The molecule has 32 heavy (non-hydrogen) atoms. The number of benzene rings is 2. The molecule has 0 aliphatic carbocycles. The Morgan fingerprint density at radius 3 is 2.69 bits per heavy atom. The van der Waals surface area contributed by atoms with Crippen LogP contribution in [-0.4, -0.2) is 22.0 Å². The molecule has 0 aliphatic rings. The van der Waals surface area contributed by atoms with Crippen LogP contribution in [0.1, 0.15) is 32.3 Å². The van der Waals surface area contributed by atoms with E-state index in [1.807, 2.05) is 43.3 Å². The molecule has 2 aromatic heterocycles. The normalized spacial score (nSPS) is 11.3.